The fourth-order valence-corrected chi connectivity index (χ4v) is 5.71. The van der Waals surface area contributed by atoms with Crippen molar-refractivity contribution in [2.45, 2.75) is 88.7 Å². The lowest BCUT2D eigenvalue weighted by molar-refractivity contribution is -0.302. The summed E-state index contributed by atoms with van der Waals surface area (Å²) < 4.78 is 11.4. The van der Waals surface area contributed by atoms with Gasteiger partial charge in [-0.15, -0.1) is 6.58 Å². The average molecular weight is 546 g/mol. The van der Waals surface area contributed by atoms with Gasteiger partial charge in [0.2, 0.25) is 5.91 Å². The van der Waals surface area contributed by atoms with Crippen LogP contribution in [0.2, 0.25) is 0 Å². The second-order valence-corrected chi connectivity index (χ2v) is 11.5. The number of hydrogen-bond acceptors (Lipinski definition) is 8. The van der Waals surface area contributed by atoms with E-state index in [0.29, 0.717) is 6.42 Å². The maximum Gasteiger partial charge on any atom is 0.243 e. The van der Waals surface area contributed by atoms with Crippen molar-refractivity contribution in [1.29, 1.82) is 0 Å². The summed E-state index contributed by atoms with van der Waals surface area (Å²) in [5.74, 6) is -0.0751. The Balaban J connectivity index is 1.72. The third kappa shape index (κ3) is 5.46. The van der Waals surface area contributed by atoms with Crippen molar-refractivity contribution in [1.82, 2.24) is 10.3 Å². The summed E-state index contributed by atoms with van der Waals surface area (Å²) in [6.45, 7) is 11.8. The molecule has 0 spiro atoms. The maximum atomic E-state index is 13.7. The molecule has 216 valence electrons. The molecule has 2 aliphatic rings. The van der Waals surface area contributed by atoms with E-state index in [9.17, 15) is 25.2 Å². The van der Waals surface area contributed by atoms with Crippen LogP contribution in [-0.4, -0.2) is 94.4 Å². The number of nitrogens with one attached hydrogen (secondary N) is 2. The van der Waals surface area contributed by atoms with E-state index in [-0.39, 0.29) is 23.8 Å². The van der Waals surface area contributed by atoms with Gasteiger partial charge in [0, 0.05) is 29.7 Å². The number of ether oxygens (including phenoxy) is 2. The largest absolute Gasteiger partial charge is 0.394 e. The molecule has 10 nitrogen and oxygen atoms in total. The number of benzene rings is 1. The minimum atomic E-state index is -1.54. The second kappa shape index (κ2) is 11.6. The number of anilines is 1. The molecule has 0 aliphatic carbocycles. The molecule has 0 unspecified atom stereocenters. The predicted octanol–water partition coefficient (Wildman–Crippen LogP) is 1.34. The Kier molecular flexibility index (Phi) is 8.75. The zero-order valence-electron chi connectivity index (χ0n) is 23.4. The van der Waals surface area contributed by atoms with Crippen LogP contribution in [-0.2, 0) is 26.1 Å². The number of allylic oxidation sites excluding steroid dienone is 1. The van der Waals surface area contributed by atoms with E-state index in [1.807, 2.05) is 19.3 Å². The fourth-order valence-electron chi connectivity index (χ4n) is 5.71. The van der Waals surface area contributed by atoms with Crippen molar-refractivity contribution >= 4 is 22.5 Å². The summed E-state index contributed by atoms with van der Waals surface area (Å²) in [6, 6.07) is 3.26. The van der Waals surface area contributed by atoms with E-state index in [4.69, 9.17) is 9.47 Å². The van der Waals surface area contributed by atoms with Crippen molar-refractivity contribution in [3.8, 4) is 0 Å². The number of aromatic nitrogens is 1. The van der Waals surface area contributed by atoms with Crippen LogP contribution in [0.3, 0.4) is 0 Å². The van der Waals surface area contributed by atoms with Gasteiger partial charge in [0.05, 0.1) is 24.8 Å². The van der Waals surface area contributed by atoms with Gasteiger partial charge in [-0.3, -0.25) is 4.79 Å². The third-order valence-electron chi connectivity index (χ3n) is 8.47. The van der Waals surface area contributed by atoms with E-state index in [1.165, 1.54) is 0 Å². The quantitative estimate of drug-likeness (QED) is 0.273. The fraction of sp³-hybridized carbons (Fsp3) is 0.621. The first-order valence-electron chi connectivity index (χ1n) is 13.7. The smallest absolute Gasteiger partial charge is 0.243 e. The van der Waals surface area contributed by atoms with Crippen LogP contribution < -0.4 is 10.2 Å². The first-order chi connectivity index (χ1) is 18.4. The summed E-state index contributed by atoms with van der Waals surface area (Å²) in [5.41, 5.74) is 3.77. The lowest BCUT2D eigenvalue weighted by Gasteiger charge is -2.40. The maximum absolute atomic E-state index is 13.7. The van der Waals surface area contributed by atoms with Crippen molar-refractivity contribution in [2.75, 3.05) is 25.2 Å². The molecule has 10 heteroatoms. The zero-order chi connectivity index (χ0) is 28.6. The summed E-state index contributed by atoms with van der Waals surface area (Å²) in [5, 5.41) is 44.4. The normalized spacial score (nSPS) is 30.8. The van der Waals surface area contributed by atoms with Crippen LogP contribution in [0.5, 0.6) is 0 Å². The average Bonchev–Trinajstić information content (AvgIpc) is 3.34. The van der Waals surface area contributed by atoms with Crippen LogP contribution in [0.4, 0.5) is 5.69 Å². The minimum Gasteiger partial charge on any atom is -0.394 e. The van der Waals surface area contributed by atoms with Gasteiger partial charge in [0.15, 0.2) is 6.29 Å². The number of nitrogens with zero attached hydrogens (tertiary/aromatic N) is 1. The number of aromatic amines is 1. The molecule has 39 heavy (non-hydrogen) atoms. The summed E-state index contributed by atoms with van der Waals surface area (Å²) in [4.78, 5) is 19.2. The monoisotopic (exact) mass is 545 g/mol. The zero-order valence-corrected chi connectivity index (χ0v) is 23.4. The molecule has 6 N–H and O–H groups in total. The number of hydrogen-bond donors (Lipinski definition) is 6. The Bertz CT molecular complexity index is 1180. The van der Waals surface area contributed by atoms with Crippen molar-refractivity contribution in [3.05, 3.63) is 42.1 Å². The molecule has 8 atom stereocenters. The Morgan fingerprint density at radius 1 is 1.26 bits per heavy atom. The number of carbonyl (C=O) groups is 1. The van der Waals surface area contributed by atoms with Crippen LogP contribution in [0.1, 0.15) is 45.2 Å². The van der Waals surface area contributed by atoms with E-state index >= 15 is 0 Å². The molecule has 1 saturated heterocycles. The number of carbonyl (C=O) groups excluding carboxylic acids is 1. The van der Waals surface area contributed by atoms with Crippen LogP contribution in [0.25, 0.3) is 10.9 Å². The standard InChI is InChI=1S/C29H43N3O7/c1-7-15(3)23-27(37)31-17(14-38-28-26(36)25(35)24(34)20(13-33)39-28)11-16-12-30-22-18(29(4,5)8-2)9-10-19(21(16)22)32(23)6/h8-10,12,15,17,20,23-26,28,30,33-36H,2,7,11,13-14H2,1,3-6H3,(H,31,37)/t15-,17+,20+,23+,24+,25-,26+,28+/m1/s1. The highest BCUT2D eigenvalue weighted by Gasteiger charge is 2.44. The Morgan fingerprint density at radius 3 is 2.62 bits per heavy atom. The number of aliphatic hydroxyl groups excluding tert-OH is 4. The molecule has 1 amide bonds. The topological polar surface area (TPSA) is 148 Å². The van der Waals surface area contributed by atoms with Gasteiger partial charge in [0.1, 0.15) is 30.5 Å². The predicted molar refractivity (Wildman–Crippen MR) is 149 cm³/mol. The molecular weight excluding hydrogens is 502 g/mol. The highest BCUT2D eigenvalue weighted by atomic mass is 16.7. The highest BCUT2D eigenvalue weighted by molar-refractivity contribution is 6.00. The molecule has 0 bridgehead atoms. The van der Waals surface area contributed by atoms with Gasteiger partial charge in [-0.25, -0.2) is 0 Å². The first-order valence-corrected chi connectivity index (χ1v) is 13.7. The van der Waals surface area contributed by atoms with E-state index in [2.05, 4.69) is 61.6 Å². The molecule has 2 aliphatic heterocycles. The SMILES string of the molecule is C=CC(C)(C)c1ccc2c3c(c[nH]c13)C[C@@H](CO[C@H]1O[C@@H](CO)[C@H](O)[C@@H](O)[C@@H]1O)NC(=O)[C@H]([C@H](C)CC)N2C. The summed E-state index contributed by atoms with van der Waals surface area (Å²) in [7, 11) is 1.95. The van der Waals surface area contributed by atoms with E-state index in [1.54, 1.807) is 0 Å². The van der Waals surface area contributed by atoms with Crippen molar-refractivity contribution in [3.63, 3.8) is 0 Å². The van der Waals surface area contributed by atoms with Gasteiger partial charge in [-0.2, -0.15) is 0 Å². The summed E-state index contributed by atoms with van der Waals surface area (Å²) in [6.07, 6.45) is -1.75. The molecule has 0 radical (unpaired) electrons. The molecular formula is C29H43N3O7. The van der Waals surface area contributed by atoms with E-state index < -0.39 is 49.4 Å². The van der Waals surface area contributed by atoms with Crippen molar-refractivity contribution in [2.24, 2.45) is 5.92 Å². The lowest BCUT2D eigenvalue weighted by atomic mass is 9.83. The first kappa shape index (κ1) is 29.5. The lowest BCUT2D eigenvalue weighted by Crippen LogP contribution is -2.60. The second-order valence-electron chi connectivity index (χ2n) is 11.5. The molecule has 4 rings (SSSR count). The van der Waals surface area contributed by atoms with Gasteiger partial charge < -0.3 is 45.1 Å². The van der Waals surface area contributed by atoms with Crippen LogP contribution in [0.15, 0.2) is 31.0 Å². The van der Waals surface area contributed by atoms with Gasteiger partial charge >= 0.3 is 0 Å². The molecule has 1 aromatic heterocycles. The number of H-pyrrole nitrogens is 1. The molecule has 2 aromatic rings. The Morgan fingerprint density at radius 2 is 1.97 bits per heavy atom. The molecule has 1 fully saturated rings. The van der Waals surface area contributed by atoms with Crippen molar-refractivity contribution < 1.29 is 34.7 Å². The van der Waals surface area contributed by atoms with Gasteiger partial charge in [0.25, 0.3) is 0 Å². The Labute approximate surface area is 229 Å². The number of aliphatic hydroxyl groups is 4. The number of likely N-dealkylation sites (N-methyl/N-ethyl adjacent to an activating group) is 1. The van der Waals surface area contributed by atoms with E-state index in [0.717, 1.165) is 34.1 Å². The van der Waals surface area contributed by atoms with Crippen LogP contribution >= 0.6 is 0 Å². The van der Waals surface area contributed by atoms with Gasteiger partial charge in [-0.05, 0) is 29.5 Å². The minimum absolute atomic E-state index is 0.0226. The van der Waals surface area contributed by atoms with Gasteiger partial charge in [-0.1, -0.05) is 46.3 Å². The molecule has 0 saturated carbocycles. The third-order valence-corrected chi connectivity index (χ3v) is 8.47. The molecule has 3 heterocycles. The highest BCUT2D eigenvalue weighted by Crippen LogP contribution is 2.39. The Hall–Kier alpha value is -2.47. The molecule has 1 aromatic carbocycles. The van der Waals surface area contributed by atoms with Crippen LogP contribution in [0, 0.1) is 5.92 Å². The number of amides is 1. The summed E-state index contributed by atoms with van der Waals surface area (Å²) >= 11 is 0. The number of rotatable bonds is 8.